The molecule has 0 bridgehead atoms. The summed E-state index contributed by atoms with van der Waals surface area (Å²) in [5.41, 5.74) is 3.48. The molecule has 3 aliphatic rings. The van der Waals surface area contributed by atoms with Gasteiger partial charge in [0.15, 0.2) is 11.5 Å². The summed E-state index contributed by atoms with van der Waals surface area (Å²) in [5, 5.41) is 3.42. The minimum absolute atomic E-state index is 0.311. The standard InChI is InChI=1S/C26H30N6O3/c1-6-23-24(35-19-34-23)17-20(1)18-30-9-11-32(12-10-30)26-27-8-7-25(29-26)28-21-2-4-22(5-3-21)31-13-15-33-16-14-31/h1-8,17H,9-16,18-19H2,(H,27,28,29). The van der Waals surface area contributed by atoms with Crippen molar-refractivity contribution in [1.82, 2.24) is 14.9 Å². The topological polar surface area (TPSA) is 75.2 Å². The quantitative estimate of drug-likeness (QED) is 0.580. The molecule has 182 valence electrons. The molecule has 2 saturated heterocycles. The summed E-state index contributed by atoms with van der Waals surface area (Å²) in [4.78, 5) is 16.4. The zero-order chi connectivity index (χ0) is 23.5. The van der Waals surface area contributed by atoms with Crippen molar-refractivity contribution >= 4 is 23.1 Å². The highest BCUT2D eigenvalue weighted by Crippen LogP contribution is 2.33. The molecular formula is C26H30N6O3. The number of rotatable bonds is 6. The van der Waals surface area contributed by atoms with Gasteiger partial charge in [0.25, 0.3) is 0 Å². The van der Waals surface area contributed by atoms with Gasteiger partial charge in [-0.15, -0.1) is 0 Å². The minimum Gasteiger partial charge on any atom is -0.454 e. The fourth-order valence-electron chi connectivity index (χ4n) is 4.70. The van der Waals surface area contributed by atoms with E-state index in [9.17, 15) is 0 Å². The van der Waals surface area contributed by atoms with Crippen molar-refractivity contribution in [1.29, 1.82) is 0 Å². The number of ether oxygens (including phenoxy) is 3. The Hall–Kier alpha value is -3.56. The number of nitrogens with one attached hydrogen (secondary N) is 1. The Morgan fingerprint density at radius 3 is 2.43 bits per heavy atom. The first-order valence-electron chi connectivity index (χ1n) is 12.2. The molecule has 2 fully saturated rings. The molecule has 9 heteroatoms. The number of aromatic nitrogens is 2. The van der Waals surface area contributed by atoms with Crippen molar-refractivity contribution in [3.05, 3.63) is 60.3 Å². The SMILES string of the molecule is c1cc(Nc2ccc(N3CCOCC3)cc2)nc(N2CCN(Cc3ccc4c(c3)OCO4)CC2)n1. The lowest BCUT2D eigenvalue weighted by Crippen LogP contribution is -2.46. The summed E-state index contributed by atoms with van der Waals surface area (Å²) in [5.74, 6) is 3.24. The van der Waals surface area contributed by atoms with Crippen molar-refractivity contribution in [3.8, 4) is 11.5 Å². The third kappa shape index (κ3) is 5.11. The molecule has 4 heterocycles. The minimum atomic E-state index is 0.311. The van der Waals surface area contributed by atoms with Crippen molar-refractivity contribution in [2.75, 3.05) is 74.4 Å². The van der Waals surface area contributed by atoms with Crippen molar-refractivity contribution < 1.29 is 14.2 Å². The van der Waals surface area contributed by atoms with Crippen LogP contribution in [0.2, 0.25) is 0 Å². The molecule has 1 N–H and O–H groups in total. The Morgan fingerprint density at radius 2 is 1.60 bits per heavy atom. The first-order valence-corrected chi connectivity index (χ1v) is 12.2. The highest BCUT2D eigenvalue weighted by atomic mass is 16.7. The second-order valence-corrected chi connectivity index (χ2v) is 8.96. The van der Waals surface area contributed by atoms with Crippen LogP contribution in [0.25, 0.3) is 0 Å². The number of benzene rings is 2. The van der Waals surface area contributed by atoms with E-state index in [4.69, 9.17) is 19.2 Å². The van der Waals surface area contributed by atoms with Crippen LogP contribution in [-0.2, 0) is 11.3 Å². The van der Waals surface area contributed by atoms with E-state index in [0.717, 1.165) is 88.0 Å². The number of hydrogen-bond acceptors (Lipinski definition) is 9. The maximum atomic E-state index is 5.51. The van der Waals surface area contributed by atoms with Crippen molar-refractivity contribution in [3.63, 3.8) is 0 Å². The van der Waals surface area contributed by atoms with Crippen LogP contribution in [0.4, 0.5) is 23.1 Å². The van der Waals surface area contributed by atoms with E-state index >= 15 is 0 Å². The van der Waals surface area contributed by atoms with Gasteiger partial charge in [-0.2, -0.15) is 4.98 Å². The van der Waals surface area contributed by atoms with Crippen molar-refractivity contribution in [2.24, 2.45) is 0 Å². The van der Waals surface area contributed by atoms with Gasteiger partial charge < -0.3 is 29.3 Å². The van der Waals surface area contributed by atoms with Crippen LogP contribution in [-0.4, -0.2) is 74.1 Å². The normalized spacial score (nSPS) is 18.1. The molecule has 0 spiro atoms. The molecule has 0 saturated carbocycles. The summed E-state index contributed by atoms with van der Waals surface area (Å²) in [6, 6.07) is 16.6. The van der Waals surface area contributed by atoms with Gasteiger partial charge in [0.05, 0.1) is 13.2 Å². The van der Waals surface area contributed by atoms with Gasteiger partial charge in [0, 0.05) is 63.4 Å². The van der Waals surface area contributed by atoms with Crippen LogP contribution in [0.1, 0.15) is 5.56 Å². The van der Waals surface area contributed by atoms with E-state index in [2.05, 4.69) is 61.4 Å². The molecule has 9 nitrogen and oxygen atoms in total. The molecule has 0 unspecified atom stereocenters. The molecule has 6 rings (SSSR count). The van der Waals surface area contributed by atoms with Gasteiger partial charge >= 0.3 is 0 Å². The molecule has 0 amide bonds. The first-order chi connectivity index (χ1) is 17.3. The highest BCUT2D eigenvalue weighted by Gasteiger charge is 2.21. The smallest absolute Gasteiger partial charge is 0.231 e. The maximum Gasteiger partial charge on any atom is 0.231 e. The first kappa shape index (κ1) is 21.9. The lowest BCUT2D eigenvalue weighted by atomic mass is 10.1. The number of fused-ring (bicyclic) bond motifs is 1. The Bertz CT molecular complexity index is 1140. The van der Waals surface area contributed by atoms with Crippen LogP contribution in [0.15, 0.2) is 54.7 Å². The van der Waals surface area contributed by atoms with E-state index in [1.54, 1.807) is 0 Å². The zero-order valence-electron chi connectivity index (χ0n) is 19.7. The summed E-state index contributed by atoms with van der Waals surface area (Å²) in [6.45, 7) is 8.35. The lowest BCUT2D eigenvalue weighted by molar-refractivity contribution is 0.122. The molecule has 3 aliphatic heterocycles. The van der Waals surface area contributed by atoms with Gasteiger partial charge in [-0.3, -0.25) is 4.90 Å². The van der Waals surface area contributed by atoms with Gasteiger partial charge in [-0.25, -0.2) is 4.98 Å². The Labute approximate surface area is 205 Å². The second kappa shape index (κ2) is 9.97. The van der Waals surface area contributed by atoms with Crippen LogP contribution in [0.5, 0.6) is 11.5 Å². The summed E-state index contributed by atoms with van der Waals surface area (Å²) < 4.78 is 16.4. The molecule has 0 atom stereocenters. The van der Waals surface area contributed by atoms with Gasteiger partial charge in [0.2, 0.25) is 12.7 Å². The molecule has 3 aromatic rings. The summed E-state index contributed by atoms with van der Waals surface area (Å²) in [7, 11) is 0. The van der Waals surface area contributed by atoms with Gasteiger partial charge in [0.1, 0.15) is 5.82 Å². The zero-order valence-corrected chi connectivity index (χ0v) is 19.7. The number of nitrogens with zero attached hydrogens (tertiary/aromatic N) is 5. The fourth-order valence-corrected chi connectivity index (χ4v) is 4.70. The van der Waals surface area contributed by atoms with E-state index in [-0.39, 0.29) is 0 Å². The number of morpholine rings is 1. The van der Waals surface area contributed by atoms with Gasteiger partial charge in [-0.1, -0.05) is 6.07 Å². The summed E-state index contributed by atoms with van der Waals surface area (Å²) >= 11 is 0. The van der Waals surface area contributed by atoms with Crippen LogP contribution < -0.4 is 24.6 Å². The molecule has 0 radical (unpaired) electrons. The predicted octanol–water partition coefficient (Wildman–Crippen LogP) is 3.11. The third-order valence-electron chi connectivity index (χ3n) is 6.66. The lowest BCUT2D eigenvalue weighted by Gasteiger charge is -2.34. The van der Waals surface area contributed by atoms with E-state index in [1.165, 1.54) is 11.3 Å². The van der Waals surface area contributed by atoms with E-state index < -0.39 is 0 Å². The Kier molecular flexibility index (Phi) is 6.25. The molecule has 1 aromatic heterocycles. The second-order valence-electron chi connectivity index (χ2n) is 8.96. The van der Waals surface area contributed by atoms with Crippen LogP contribution in [0.3, 0.4) is 0 Å². The number of piperazine rings is 1. The average Bonchev–Trinajstić information content (AvgIpc) is 3.38. The van der Waals surface area contributed by atoms with Crippen LogP contribution in [0, 0.1) is 0 Å². The Morgan fingerprint density at radius 1 is 0.800 bits per heavy atom. The fraction of sp³-hybridized carbons (Fsp3) is 0.385. The highest BCUT2D eigenvalue weighted by molar-refractivity contribution is 5.61. The maximum absolute atomic E-state index is 5.51. The number of hydrogen-bond donors (Lipinski definition) is 1. The summed E-state index contributed by atoms with van der Waals surface area (Å²) in [6.07, 6.45) is 1.83. The van der Waals surface area contributed by atoms with E-state index in [0.29, 0.717) is 6.79 Å². The largest absolute Gasteiger partial charge is 0.454 e. The number of anilines is 4. The molecule has 0 aliphatic carbocycles. The predicted molar refractivity (Wildman–Crippen MR) is 135 cm³/mol. The van der Waals surface area contributed by atoms with Crippen LogP contribution >= 0.6 is 0 Å². The Balaban J connectivity index is 1.04. The third-order valence-corrected chi connectivity index (χ3v) is 6.66. The van der Waals surface area contributed by atoms with Gasteiger partial charge in [-0.05, 0) is 48.0 Å². The monoisotopic (exact) mass is 474 g/mol. The van der Waals surface area contributed by atoms with Crippen molar-refractivity contribution in [2.45, 2.75) is 6.54 Å². The molecule has 35 heavy (non-hydrogen) atoms. The molecular weight excluding hydrogens is 444 g/mol. The molecule has 2 aromatic carbocycles. The van der Waals surface area contributed by atoms with E-state index in [1.807, 2.05) is 18.3 Å². The average molecular weight is 475 g/mol.